The van der Waals surface area contributed by atoms with Gasteiger partial charge in [-0.15, -0.1) is 0 Å². The molecule has 27 heavy (non-hydrogen) atoms. The van der Waals surface area contributed by atoms with E-state index in [4.69, 9.17) is 13.9 Å². The molecule has 0 aromatic carbocycles. The summed E-state index contributed by atoms with van der Waals surface area (Å²) in [5.41, 5.74) is -2.25. The Morgan fingerprint density at radius 2 is 1.67 bits per heavy atom. The quantitative estimate of drug-likeness (QED) is 0.519. The minimum atomic E-state index is -0.918. The zero-order valence-electron chi connectivity index (χ0n) is 18.9. The van der Waals surface area contributed by atoms with Crippen molar-refractivity contribution < 1.29 is 23.5 Å². The minimum absolute atomic E-state index is 0.0970. The number of rotatable bonds is 5. The highest BCUT2D eigenvalue weighted by molar-refractivity contribution is 6.31. The summed E-state index contributed by atoms with van der Waals surface area (Å²) in [4.78, 5) is 27.5. The van der Waals surface area contributed by atoms with Gasteiger partial charge in [0.25, 0.3) is 0 Å². The normalized spacial score (nSPS) is 24.5. The molecule has 1 amide bonds. The zero-order chi connectivity index (χ0) is 21.3. The maximum Gasteiger partial charge on any atom is 0.410 e. The van der Waals surface area contributed by atoms with Crippen LogP contribution in [0.2, 0.25) is 5.04 Å². The van der Waals surface area contributed by atoms with Gasteiger partial charge in [-0.2, -0.15) is 0 Å². The summed E-state index contributed by atoms with van der Waals surface area (Å²) in [6.07, 6.45) is 0.0997. The van der Waals surface area contributed by atoms with Crippen molar-refractivity contribution in [2.45, 2.75) is 97.9 Å². The molecule has 1 aliphatic rings. The van der Waals surface area contributed by atoms with Crippen LogP contribution in [0.5, 0.6) is 0 Å². The number of hydrogen-bond donors (Lipinski definition) is 0. The molecule has 0 aliphatic carbocycles. The molecule has 0 N–H and O–H groups in total. The molecule has 0 aromatic heterocycles. The summed E-state index contributed by atoms with van der Waals surface area (Å²) in [5.74, 6) is -0.295. The first-order valence-corrected chi connectivity index (χ1v) is 11.2. The second kappa shape index (κ2) is 8.11. The smallest absolute Gasteiger partial charge is 0.410 e. The van der Waals surface area contributed by atoms with Crippen molar-refractivity contribution in [3.8, 4) is 0 Å². The summed E-state index contributed by atoms with van der Waals surface area (Å²) < 4.78 is 17.4. The van der Waals surface area contributed by atoms with Gasteiger partial charge in [0.05, 0.1) is 18.2 Å². The van der Waals surface area contributed by atoms with Gasteiger partial charge in [0, 0.05) is 6.54 Å². The lowest BCUT2D eigenvalue weighted by Crippen LogP contribution is -2.59. The van der Waals surface area contributed by atoms with Crippen molar-refractivity contribution in [3.05, 3.63) is 0 Å². The lowest BCUT2D eigenvalue weighted by molar-refractivity contribution is -0.171. The summed E-state index contributed by atoms with van der Waals surface area (Å²) in [5, 5.41) is 0.0970. The van der Waals surface area contributed by atoms with E-state index in [2.05, 4.69) is 20.8 Å². The van der Waals surface area contributed by atoms with E-state index in [9.17, 15) is 9.59 Å². The van der Waals surface area contributed by atoms with Crippen molar-refractivity contribution in [1.82, 2.24) is 4.90 Å². The second-order valence-electron chi connectivity index (χ2n) is 10.2. The van der Waals surface area contributed by atoms with Gasteiger partial charge in [-0.3, -0.25) is 4.79 Å². The molecule has 0 saturated carbocycles. The Bertz CT molecular complexity index is 550. The van der Waals surface area contributed by atoms with Crippen LogP contribution in [-0.2, 0) is 18.7 Å². The SMILES string of the molecule is CCOC(=O)C1(C(C)(C)O[SiH2]C(C)(C)C)CCN(C(=O)OC(C)(C)C)C1C. The van der Waals surface area contributed by atoms with Crippen LogP contribution in [0, 0.1) is 5.41 Å². The third-order valence-corrected chi connectivity index (χ3v) is 6.87. The number of carbonyl (C=O) groups excluding carboxylic acids is 2. The molecular formula is C20H39NO5Si. The lowest BCUT2D eigenvalue weighted by Gasteiger charge is -2.46. The van der Waals surface area contributed by atoms with E-state index in [1.165, 1.54) is 0 Å². The van der Waals surface area contributed by atoms with Crippen LogP contribution in [-0.4, -0.2) is 57.1 Å². The number of likely N-dealkylation sites (tertiary alicyclic amines) is 1. The van der Waals surface area contributed by atoms with Gasteiger partial charge in [-0.25, -0.2) is 4.79 Å². The van der Waals surface area contributed by atoms with Crippen molar-refractivity contribution in [2.24, 2.45) is 5.41 Å². The van der Waals surface area contributed by atoms with Crippen LogP contribution in [0.25, 0.3) is 0 Å². The molecule has 158 valence electrons. The molecule has 1 rings (SSSR count). The first kappa shape index (κ1) is 24.0. The average molecular weight is 402 g/mol. The van der Waals surface area contributed by atoms with E-state index in [1.54, 1.807) is 11.8 Å². The number of esters is 1. The maximum atomic E-state index is 13.1. The minimum Gasteiger partial charge on any atom is -0.465 e. The Hall–Kier alpha value is -1.08. The zero-order valence-corrected chi connectivity index (χ0v) is 20.3. The first-order valence-electron chi connectivity index (χ1n) is 9.88. The standard InChI is InChI=1S/C20H39NO5Si/c1-11-24-15(22)20(19(9,10)26-27-18(6,7)8)12-13-21(14(20)2)16(23)25-17(3,4)5/h14H,11-13,27H2,1-10H3. The van der Waals surface area contributed by atoms with Gasteiger partial charge in [0.2, 0.25) is 0 Å². The van der Waals surface area contributed by atoms with Crippen LogP contribution in [0.15, 0.2) is 0 Å². The van der Waals surface area contributed by atoms with Gasteiger partial charge in [0.1, 0.15) is 11.0 Å². The third kappa shape index (κ3) is 5.47. The number of carbonyl (C=O) groups is 2. The van der Waals surface area contributed by atoms with Crippen molar-refractivity contribution in [1.29, 1.82) is 0 Å². The molecule has 0 radical (unpaired) electrons. The second-order valence-corrected chi connectivity index (χ2v) is 12.8. The van der Waals surface area contributed by atoms with Gasteiger partial charge in [-0.05, 0) is 59.9 Å². The van der Waals surface area contributed by atoms with Gasteiger partial charge in [-0.1, -0.05) is 20.8 Å². The van der Waals surface area contributed by atoms with Crippen molar-refractivity contribution in [2.75, 3.05) is 13.2 Å². The fraction of sp³-hybridized carbons (Fsp3) is 0.900. The van der Waals surface area contributed by atoms with Crippen LogP contribution < -0.4 is 0 Å². The van der Waals surface area contributed by atoms with E-state index in [1.807, 2.05) is 41.5 Å². The highest BCUT2D eigenvalue weighted by Gasteiger charge is 2.62. The molecule has 7 heteroatoms. The molecule has 0 aromatic rings. The van der Waals surface area contributed by atoms with Gasteiger partial charge < -0.3 is 18.8 Å². The summed E-state index contributed by atoms with van der Waals surface area (Å²) in [7, 11) is -0.900. The van der Waals surface area contributed by atoms with Crippen molar-refractivity contribution in [3.63, 3.8) is 0 Å². The van der Waals surface area contributed by atoms with Gasteiger partial charge >= 0.3 is 12.1 Å². The summed E-state index contributed by atoms with van der Waals surface area (Å²) >= 11 is 0. The first-order chi connectivity index (χ1) is 12.1. The van der Waals surface area contributed by atoms with Crippen LogP contribution in [0.4, 0.5) is 4.79 Å². The molecule has 0 spiro atoms. The van der Waals surface area contributed by atoms with E-state index in [0.29, 0.717) is 19.6 Å². The van der Waals surface area contributed by atoms with Crippen LogP contribution in [0.3, 0.4) is 0 Å². The molecule has 1 saturated heterocycles. The Kier molecular flexibility index (Phi) is 7.20. The molecule has 2 atom stereocenters. The number of nitrogens with zero attached hydrogens (tertiary/aromatic N) is 1. The monoisotopic (exact) mass is 401 g/mol. The Balaban J connectivity index is 3.22. The highest BCUT2D eigenvalue weighted by atomic mass is 28.2. The van der Waals surface area contributed by atoms with Crippen LogP contribution in [0.1, 0.15) is 75.7 Å². The topological polar surface area (TPSA) is 65.1 Å². The molecule has 1 aliphatic heterocycles. The Morgan fingerprint density at radius 1 is 1.11 bits per heavy atom. The predicted octanol–water partition coefficient (Wildman–Crippen LogP) is 3.66. The fourth-order valence-electron chi connectivity index (χ4n) is 3.64. The maximum absolute atomic E-state index is 13.1. The molecule has 1 heterocycles. The summed E-state index contributed by atoms with van der Waals surface area (Å²) in [6.45, 7) is 20.3. The number of hydrogen-bond acceptors (Lipinski definition) is 5. The predicted molar refractivity (Wildman–Crippen MR) is 110 cm³/mol. The number of amides is 1. The largest absolute Gasteiger partial charge is 0.465 e. The highest BCUT2D eigenvalue weighted by Crippen LogP contribution is 2.49. The number of ether oxygens (including phenoxy) is 2. The Labute approximate surface area is 167 Å². The molecule has 6 nitrogen and oxygen atoms in total. The van der Waals surface area contributed by atoms with E-state index >= 15 is 0 Å². The molecule has 1 fully saturated rings. The fourth-order valence-corrected chi connectivity index (χ4v) is 4.69. The molecule has 0 bridgehead atoms. The third-order valence-electron chi connectivity index (χ3n) is 5.14. The van der Waals surface area contributed by atoms with E-state index in [0.717, 1.165) is 0 Å². The Morgan fingerprint density at radius 3 is 2.11 bits per heavy atom. The van der Waals surface area contributed by atoms with Gasteiger partial charge in [0.15, 0.2) is 9.76 Å². The molecular weight excluding hydrogens is 362 g/mol. The van der Waals surface area contributed by atoms with Crippen molar-refractivity contribution >= 4 is 21.8 Å². The average Bonchev–Trinajstić information content (AvgIpc) is 2.82. The summed E-state index contributed by atoms with van der Waals surface area (Å²) in [6, 6.07) is -0.379. The lowest BCUT2D eigenvalue weighted by atomic mass is 9.68. The molecule has 2 unspecified atom stereocenters. The van der Waals surface area contributed by atoms with E-state index < -0.39 is 32.5 Å². The van der Waals surface area contributed by atoms with Crippen LogP contribution >= 0.6 is 0 Å². The van der Waals surface area contributed by atoms with E-state index in [-0.39, 0.29) is 17.0 Å².